The van der Waals surface area contributed by atoms with Crippen LogP contribution >= 0.6 is 43.5 Å². The van der Waals surface area contributed by atoms with Gasteiger partial charge in [0.15, 0.2) is 5.82 Å². The maximum Gasteiger partial charge on any atom is 0.425 e. The van der Waals surface area contributed by atoms with Crippen LogP contribution in [0.3, 0.4) is 0 Å². The molecule has 2 heterocycles. The van der Waals surface area contributed by atoms with Gasteiger partial charge in [-0.15, -0.1) is 0 Å². The van der Waals surface area contributed by atoms with E-state index in [1.54, 1.807) is 36.7 Å². The van der Waals surface area contributed by atoms with E-state index in [-0.39, 0.29) is 16.9 Å². The van der Waals surface area contributed by atoms with Gasteiger partial charge in [0.05, 0.1) is 23.4 Å². The van der Waals surface area contributed by atoms with E-state index in [1.165, 1.54) is 11.7 Å². The van der Waals surface area contributed by atoms with E-state index in [4.69, 9.17) is 11.6 Å². The molecule has 3 amide bonds. The molecule has 178 valence electrons. The molecule has 4 rings (SSSR count). The fraction of sp³-hybridized carbons (Fsp3) is 0.0435. The Labute approximate surface area is 221 Å². The van der Waals surface area contributed by atoms with Crippen molar-refractivity contribution >= 4 is 77.8 Å². The average molecular weight is 622 g/mol. The van der Waals surface area contributed by atoms with Crippen molar-refractivity contribution < 1.29 is 19.1 Å². The molecular formula is C23H16Br2ClN5O4. The van der Waals surface area contributed by atoms with Gasteiger partial charge in [0.1, 0.15) is 5.69 Å². The SMILES string of the molecule is COC(=O)NNC(=O)c1cc2ccccc2c(Br)c1NC(=O)c1cc(Br)cn1-c1ncccc1Cl. The molecule has 0 aliphatic heterocycles. The zero-order chi connectivity index (χ0) is 25.1. The Balaban J connectivity index is 1.77. The van der Waals surface area contributed by atoms with Crippen molar-refractivity contribution in [2.45, 2.75) is 0 Å². The number of amides is 3. The van der Waals surface area contributed by atoms with Gasteiger partial charge in [0.2, 0.25) is 0 Å². The number of rotatable bonds is 4. The molecule has 0 spiro atoms. The van der Waals surface area contributed by atoms with Crippen LogP contribution in [0.15, 0.2) is 69.9 Å². The Morgan fingerprint density at radius 3 is 2.54 bits per heavy atom. The summed E-state index contributed by atoms with van der Waals surface area (Å²) in [6.45, 7) is 0. The van der Waals surface area contributed by atoms with Crippen molar-refractivity contribution in [3.05, 3.63) is 86.2 Å². The Kier molecular flexibility index (Phi) is 7.39. The highest BCUT2D eigenvalue weighted by Gasteiger charge is 2.23. The number of hydrogen-bond acceptors (Lipinski definition) is 5. The van der Waals surface area contributed by atoms with Crippen molar-refractivity contribution in [3.63, 3.8) is 0 Å². The maximum absolute atomic E-state index is 13.4. The first-order valence-corrected chi connectivity index (χ1v) is 11.9. The predicted molar refractivity (Wildman–Crippen MR) is 139 cm³/mol. The lowest BCUT2D eigenvalue weighted by Gasteiger charge is -2.16. The molecule has 0 saturated carbocycles. The fourth-order valence-corrected chi connectivity index (χ4v) is 4.65. The highest BCUT2D eigenvalue weighted by atomic mass is 79.9. The number of nitrogens with one attached hydrogen (secondary N) is 3. The first-order valence-electron chi connectivity index (χ1n) is 9.95. The number of ether oxygens (including phenoxy) is 1. The number of halogens is 3. The summed E-state index contributed by atoms with van der Waals surface area (Å²) >= 11 is 13.2. The molecule has 9 nitrogen and oxygen atoms in total. The topological polar surface area (TPSA) is 114 Å². The van der Waals surface area contributed by atoms with E-state index in [2.05, 4.69) is 57.7 Å². The molecule has 2 aromatic carbocycles. The number of benzene rings is 2. The lowest BCUT2D eigenvalue weighted by molar-refractivity contribution is 0.0921. The molecule has 0 radical (unpaired) electrons. The minimum absolute atomic E-state index is 0.105. The zero-order valence-corrected chi connectivity index (χ0v) is 21.9. The minimum atomic E-state index is -0.848. The van der Waals surface area contributed by atoms with Gasteiger partial charge >= 0.3 is 6.09 Å². The Bertz CT molecular complexity index is 1470. The third kappa shape index (κ3) is 5.16. The summed E-state index contributed by atoms with van der Waals surface area (Å²) in [6, 6.07) is 13.9. The van der Waals surface area contributed by atoms with Gasteiger partial charge in [0, 0.05) is 21.3 Å². The van der Waals surface area contributed by atoms with Crippen molar-refractivity contribution in [2.24, 2.45) is 0 Å². The summed E-state index contributed by atoms with van der Waals surface area (Å²) in [7, 11) is 1.17. The minimum Gasteiger partial charge on any atom is -0.452 e. The summed E-state index contributed by atoms with van der Waals surface area (Å²) < 4.78 is 7.13. The van der Waals surface area contributed by atoms with E-state index < -0.39 is 17.9 Å². The zero-order valence-electron chi connectivity index (χ0n) is 17.9. The molecule has 0 aliphatic carbocycles. The van der Waals surface area contributed by atoms with Crippen LogP contribution in [0.2, 0.25) is 5.02 Å². The van der Waals surface area contributed by atoms with Crippen LogP contribution in [0.25, 0.3) is 16.6 Å². The lowest BCUT2D eigenvalue weighted by atomic mass is 10.0. The summed E-state index contributed by atoms with van der Waals surface area (Å²) in [5, 5.41) is 4.67. The molecule has 0 unspecified atom stereocenters. The number of nitrogens with zero attached hydrogens (tertiary/aromatic N) is 2. The number of fused-ring (bicyclic) bond motifs is 1. The summed E-state index contributed by atoms with van der Waals surface area (Å²) in [4.78, 5) is 42.1. The molecule has 0 atom stereocenters. The van der Waals surface area contributed by atoms with Crippen LogP contribution in [-0.2, 0) is 4.74 Å². The summed E-state index contributed by atoms with van der Waals surface area (Å²) in [6.07, 6.45) is 2.37. The van der Waals surface area contributed by atoms with Gasteiger partial charge in [-0.25, -0.2) is 15.2 Å². The number of hydrazine groups is 1. The largest absolute Gasteiger partial charge is 0.452 e. The van der Waals surface area contributed by atoms with E-state index >= 15 is 0 Å². The maximum atomic E-state index is 13.4. The van der Waals surface area contributed by atoms with Gasteiger partial charge in [-0.2, -0.15) is 0 Å². The normalized spacial score (nSPS) is 10.6. The first-order chi connectivity index (χ1) is 16.8. The third-order valence-corrected chi connectivity index (χ3v) is 6.47. The van der Waals surface area contributed by atoms with Crippen molar-refractivity contribution in [2.75, 3.05) is 12.4 Å². The van der Waals surface area contributed by atoms with Crippen LogP contribution in [-0.4, -0.2) is 34.6 Å². The van der Waals surface area contributed by atoms with Gasteiger partial charge in [-0.1, -0.05) is 35.9 Å². The summed E-state index contributed by atoms with van der Waals surface area (Å²) in [5.41, 5.74) is 4.92. The molecular weight excluding hydrogens is 606 g/mol. The standard InChI is InChI=1S/C23H16Br2ClN5O4/c1-35-23(34)30-29-21(32)15-9-12-5-2-3-6-14(12)18(25)19(15)28-22(33)17-10-13(24)11-31(17)20-16(26)7-4-8-27-20/h2-11H,1H3,(H,28,33)(H,29,32)(H,30,34). The molecule has 35 heavy (non-hydrogen) atoms. The van der Waals surface area contributed by atoms with E-state index in [9.17, 15) is 14.4 Å². The Morgan fingerprint density at radius 2 is 1.80 bits per heavy atom. The molecule has 0 aliphatic rings. The number of hydrogen-bond donors (Lipinski definition) is 3. The number of aromatic nitrogens is 2. The van der Waals surface area contributed by atoms with Crippen LogP contribution in [0.4, 0.5) is 10.5 Å². The predicted octanol–water partition coefficient (Wildman–Crippen LogP) is 5.46. The molecule has 3 N–H and O–H groups in total. The van der Waals surface area contributed by atoms with Gasteiger partial charge < -0.3 is 10.1 Å². The van der Waals surface area contributed by atoms with Crippen LogP contribution in [0, 0.1) is 0 Å². The number of pyridine rings is 1. The highest BCUT2D eigenvalue weighted by molar-refractivity contribution is 9.11. The second kappa shape index (κ2) is 10.5. The molecule has 4 aromatic rings. The van der Waals surface area contributed by atoms with E-state index in [0.29, 0.717) is 19.8 Å². The number of anilines is 1. The number of carbonyl (C=O) groups is 3. The van der Waals surface area contributed by atoms with Crippen LogP contribution < -0.4 is 16.2 Å². The van der Waals surface area contributed by atoms with Crippen LogP contribution in [0.5, 0.6) is 0 Å². The van der Waals surface area contributed by atoms with E-state index in [0.717, 1.165) is 10.8 Å². The highest BCUT2D eigenvalue weighted by Crippen LogP contribution is 2.35. The smallest absolute Gasteiger partial charge is 0.425 e. The van der Waals surface area contributed by atoms with Crippen molar-refractivity contribution in [1.29, 1.82) is 0 Å². The monoisotopic (exact) mass is 619 g/mol. The fourth-order valence-electron chi connectivity index (χ4n) is 3.34. The molecule has 0 fully saturated rings. The molecule has 12 heteroatoms. The quantitative estimate of drug-likeness (QED) is 0.262. The number of methoxy groups -OCH3 is 1. The van der Waals surface area contributed by atoms with Gasteiger partial charge in [0.25, 0.3) is 11.8 Å². The van der Waals surface area contributed by atoms with Crippen molar-refractivity contribution in [3.8, 4) is 5.82 Å². The second-order valence-corrected chi connectivity index (χ2v) is 9.20. The van der Waals surface area contributed by atoms with Crippen molar-refractivity contribution in [1.82, 2.24) is 20.4 Å². The van der Waals surface area contributed by atoms with Gasteiger partial charge in [-0.05, 0) is 66.9 Å². The second-order valence-electron chi connectivity index (χ2n) is 7.08. The first kappa shape index (κ1) is 24.7. The lowest BCUT2D eigenvalue weighted by Crippen LogP contribution is -2.41. The van der Waals surface area contributed by atoms with Gasteiger partial charge in [-0.3, -0.25) is 19.6 Å². The average Bonchev–Trinajstić information content (AvgIpc) is 3.25. The third-order valence-electron chi connectivity index (χ3n) is 4.92. The number of carbonyl (C=O) groups excluding carboxylic acids is 3. The molecule has 0 bridgehead atoms. The van der Waals surface area contributed by atoms with E-state index in [1.807, 2.05) is 24.3 Å². The Morgan fingerprint density at radius 1 is 1.03 bits per heavy atom. The molecule has 2 aromatic heterocycles. The molecule has 0 saturated heterocycles. The summed E-state index contributed by atoms with van der Waals surface area (Å²) in [5.74, 6) is -0.826. The van der Waals surface area contributed by atoms with Crippen LogP contribution in [0.1, 0.15) is 20.8 Å². The Hall–Kier alpha value is -3.41.